The van der Waals surface area contributed by atoms with Gasteiger partial charge in [-0.3, -0.25) is 0 Å². The number of carbonyl (C=O) groups is 1. The number of nitrogens with zero attached hydrogens (tertiary/aromatic N) is 2. The summed E-state index contributed by atoms with van der Waals surface area (Å²) < 4.78 is 0. The van der Waals surface area contributed by atoms with Gasteiger partial charge in [-0.1, -0.05) is 30.3 Å². The Bertz CT molecular complexity index is 893. The van der Waals surface area contributed by atoms with Gasteiger partial charge in [0.1, 0.15) is 21.3 Å². The van der Waals surface area contributed by atoms with Gasteiger partial charge in [0.05, 0.1) is 5.39 Å². The number of nitrogens with one attached hydrogen (secondary N) is 1. The van der Waals surface area contributed by atoms with Crippen molar-refractivity contribution in [1.82, 2.24) is 9.97 Å². The third kappa shape index (κ3) is 3.78. The molecule has 2 aromatic heterocycles. The Hall–Kier alpha value is -2.51. The summed E-state index contributed by atoms with van der Waals surface area (Å²) in [6.07, 6.45) is 1.52. The van der Waals surface area contributed by atoms with Crippen LogP contribution in [0.2, 0.25) is 0 Å². The maximum atomic E-state index is 11.4. The van der Waals surface area contributed by atoms with Crippen LogP contribution in [0.25, 0.3) is 10.2 Å². The minimum Gasteiger partial charge on any atom is -0.477 e. The number of nitrogens with two attached hydrogens (primary N) is 1. The molecule has 1 aromatic carbocycles. The van der Waals surface area contributed by atoms with E-state index in [1.807, 2.05) is 18.2 Å². The van der Waals surface area contributed by atoms with Crippen LogP contribution in [0, 0.1) is 6.92 Å². The van der Waals surface area contributed by atoms with Gasteiger partial charge in [0.25, 0.3) is 0 Å². The number of benzene rings is 1. The second-order valence-corrected chi connectivity index (χ2v) is 6.73. The Morgan fingerprint density at radius 1 is 1.24 bits per heavy atom. The minimum atomic E-state index is -0.934. The molecule has 0 saturated heterocycles. The van der Waals surface area contributed by atoms with Crippen molar-refractivity contribution in [2.45, 2.75) is 19.8 Å². The third-order valence-corrected chi connectivity index (χ3v) is 5.12. The van der Waals surface area contributed by atoms with E-state index in [4.69, 9.17) is 5.73 Å². The monoisotopic (exact) mass is 356 g/mol. The van der Waals surface area contributed by atoms with Crippen molar-refractivity contribution < 1.29 is 9.90 Å². The number of aryl methyl sites for hydroxylation is 3. The zero-order chi connectivity index (χ0) is 17.8. The minimum absolute atomic E-state index is 0.306. The molecule has 3 rings (SSSR count). The van der Waals surface area contributed by atoms with Crippen molar-refractivity contribution in [2.75, 3.05) is 18.4 Å². The fourth-order valence-corrected chi connectivity index (χ4v) is 3.76. The zero-order valence-corrected chi connectivity index (χ0v) is 14.8. The van der Waals surface area contributed by atoms with Crippen molar-refractivity contribution in [3.05, 3.63) is 52.2 Å². The molecule has 3 aromatic rings. The first-order valence-electron chi connectivity index (χ1n) is 8.11. The van der Waals surface area contributed by atoms with Gasteiger partial charge >= 0.3 is 5.97 Å². The van der Waals surface area contributed by atoms with Crippen molar-refractivity contribution in [3.8, 4) is 0 Å². The van der Waals surface area contributed by atoms with Gasteiger partial charge in [-0.25, -0.2) is 14.8 Å². The molecule has 0 radical (unpaired) electrons. The lowest BCUT2D eigenvalue weighted by Crippen LogP contribution is -2.15. The second-order valence-electron chi connectivity index (χ2n) is 5.73. The molecule has 0 aliphatic heterocycles. The maximum Gasteiger partial charge on any atom is 0.346 e. The lowest BCUT2D eigenvalue weighted by atomic mass is 10.1. The SMILES string of the molecule is Cc1c(C(=O)O)sc2nc(CCc3ccccc3)nc(NCCN)c12. The number of thiophene rings is 1. The van der Waals surface area contributed by atoms with Crippen molar-refractivity contribution in [3.63, 3.8) is 0 Å². The van der Waals surface area contributed by atoms with Gasteiger partial charge in [0.15, 0.2) is 0 Å². The summed E-state index contributed by atoms with van der Waals surface area (Å²) in [5.74, 6) is 0.435. The molecule has 0 aliphatic rings. The highest BCUT2D eigenvalue weighted by atomic mass is 32.1. The van der Waals surface area contributed by atoms with Crippen molar-refractivity contribution >= 4 is 33.3 Å². The molecule has 0 unspecified atom stereocenters. The molecule has 0 bridgehead atoms. The normalized spacial score (nSPS) is 11.0. The third-order valence-electron chi connectivity index (χ3n) is 3.95. The summed E-state index contributed by atoms with van der Waals surface area (Å²) in [7, 11) is 0. The summed E-state index contributed by atoms with van der Waals surface area (Å²) in [5, 5.41) is 13.4. The molecule has 2 heterocycles. The maximum absolute atomic E-state index is 11.4. The zero-order valence-electron chi connectivity index (χ0n) is 14.0. The quantitative estimate of drug-likeness (QED) is 0.602. The number of anilines is 1. The average Bonchev–Trinajstić information content (AvgIpc) is 2.96. The van der Waals surface area contributed by atoms with Gasteiger partial charge < -0.3 is 16.2 Å². The molecule has 4 N–H and O–H groups in total. The topological polar surface area (TPSA) is 101 Å². The Labute approximate surface area is 149 Å². The van der Waals surface area contributed by atoms with Crippen LogP contribution in [-0.2, 0) is 12.8 Å². The predicted molar refractivity (Wildman–Crippen MR) is 101 cm³/mol. The Morgan fingerprint density at radius 3 is 2.68 bits per heavy atom. The molecule has 0 aliphatic carbocycles. The first-order valence-corrected chi connectivity index (χ1v) is 8.93. The van der Waals surface area contributed by atoms with E-state index >= 15 is 0 Å². The largest absolute Gasteiger partial charge is 0.477 e. The Kier molecular flexibility index (Phi) is 5.25. The standard InChI is InChI=1S/C18H20N4O2S/c1-11-14-16(20-10-9-19)21-13(8-7-12-5-3-2-4-6-12)22-17(14)25-15(11)18(23)24/h2-6H,7-10,19H2,1H3,(H,23,24)(H,20,21,22). The van der Waals surface area contributed by atoms with Crippen LogP contribution in [-0.4, -0.2) is 34.1 Å². The van der Waals surface area contributed by atoms with E-state index in [-0.39, 0.29) is 0 Å². The smallest absolute Gasteiger partial charge is 0.346 e. The number of hydrogen-bond acceptors (Lipinski definition) is 6. The van der Waals surface area contributed by atoms with Crippen LogP contribution in [0.15, 0.2) is 30.3 Å². The van der Waals surface area contributed by atoms with E-state index in [2.05, 4.69) is 27.4 Å². The predicted octanol–water partition coefficient (Wildman–Crippen LogP) is 2.85. The van der Waals surface area contributed by atoms with Gasteiger partial charge in [0, 0.05) is 19.5 Å². The van der Waals surface area contributed by atoms with Gasteiger partial charge in [-0.15, -0.1) is 11.3 Å². The highest BCUT2D eigenvalue weighted by Gasteiger charge is 2.19. The summed E-state index contributed by atoms with van der Waals surface area (Å²) in [6, 6.07) is 10.2. The first-order chi connectivity index (χ1) is 12.1. The van der Waals surface area contributed by atoms with Gasteiger partial charge in [0.2, 0.25) is 0 Å². The van der Waals surface area contributed by atoms with E-state index < -0.39 is 5.97 Å². The van der Waals surface area contributed by atoms with Crippen LogP contribution in [0.5, 0.6) is 0 Å². The summed E-state index contributed by atoms with van der Waals surface area (Å²) in [6.45, 7) is 2.84. The van der Waals surface area contributed by atoms with E-state index in [9.17, 15) is 9.90 Å². The van der Waals surface area contributed by atoms with E-state index in [1.54, 1.807) is 6.92 Å². The van der Waals surface area contributed by atoms with Crippen LogP contribution in [0.1, 0.15) is 26.6 Å². The highest BCUT2D eigenvalue weighted by molar-refractivity contribution is 7.20. The lowest BCUT2D eigenvalue weighted by Gasteiger charge is -2.09. The molecule has 0 spiro atoms. The number of fused-ring (bicyclic) bond motifs is 1. The first kappa shape index (κ1) is 17.3. The Balaban J connectivity index is 1.97. The number of carboxylic acids is 1. The molecule has 6 nitrogen and oxygen atoms in total. The summed E-state index contributed by atoms with van der Waals surface area (Å²) in [5.41, 5.74) is 7.50. The van der Waals surface area contributed by atoms with E-state index in [1.165, 1.54) is 16.9 Å². The number of carboxylic acid groups (broad SMARTS) is 1. The molecule has 25 heavy (non-hydrogen) atoms. The number of rotatable bonds is 7. The molecule has 130 valence electrons. The molecular formula is C18H20N4O2S. The summed E-state index contributed by atoms with van der Waals surface area (Å²) >= 11 is 1.19. The summed E-state index contributed by atoms with van der Waals surface area (Å²) in [4.78, 5) is 21.7. The van der Waals surface area contributed by atoms with Crippen LogP contribution in [0.4, 0.5) is 5.82 Å². The molecule has 0 saturated carbocycles. The van der Waals surface area contributed by atoms with Crippen LogP contribution in [0.3, 0.4) is 0 Å². The van der Waals surface area contributed by atoms with Crippen molar-refractivity contribution in [1.29, 1.82) is 0 Å². The molecular weight excluding hydrogens is 336 g/mol. The van der Waals surface area contributed by atoms with Gasteiger partial charge in [-0.05, 0) is 24.5 Å². The number of aromatic nitrogens is 2. The fraction of sp³-hybridized carbons (Fsp3) is 0.278. The number of aromatic carboxylic acids is 1. The van der Waals surface area contributed by atoms with Crippen LogP contribution >= 0.6 is 11.3 Å². The fourth-order valence-electron chi connectivity index (χ4n) is 2.72. The molecule has 0 atom stereocenters. The average molecular weight is 356 g/mol. The molecule has 0 fully saturated rings. The number of hydrogen-bond donors (Lipinski definition) is 3. The van der Waals surface area contributed by atoms with Crippen molar-refractivity contribution in [2.24, 2.45) is 5.73 Å². The molecule has 0 amide bonds. The lowest BCUT2D eigenvalue weighted by molar-refractivity contribution is 0.0701. The Morgan fingerprint density at radius 2 is 2.00 bits per heavy atom. The second kappa shape index (κ2) is 7.58. The highest BCUT2D eigenvalue weighted by Crippen LogP contribution is 2.34. The van der Waals surface area contributed by atoms with E-state index in [0.717, 1.165) is 11.8 Å². The van der Waals surface area contributed by atoms with Gasteiger partial charge in [-0.2, -0.15) is 0 Å². The van der Waals surface area contributed by atoms with E-state index in [0.29, 0.717) is 46.4 Å². The van der Waals surface area contributed by atoms with Crippen LogP contribution < -0.4 is 11.1 Å². The molecule has 7 heteroatoms.